The zero-order valence-corrected chi connectivity index (χ0v) is 24.6. The van der Waals surface area contributed by atoms with E-state index in [4.69, 9.17) is 9.87 Å². The average molecular weight is 616 g/mol. The first-order valence-corrected chi connectivity index (χ1v) is 14.9. The van der Waals surface area contributed by atoms with Crippen molar-refractivity contribution in [2.45, 2.75) is 37.2 Å². The van der Waals surface area contributed by atoms with Crippen LogP contribution in [0.25, 0.3) is 10.6 Å². The highest BCUT2D eigenvalue weighted by atomic mass is 32.2. The maximum Gasteiger partial charge on any atom is 0.416 e. The number of anilines is 1. The summed E-state index contributed by atoms with van der Waals surface area (Å²) in [6, 6.07) is 10.7. The quantitative estimate of drug-likeness (QED) is 0.121. The van der Waals surface area contributed by atoms with Gasteiger partial charge in [0.25, 0.3) is 0 Å². The summed E-state index contributed by atoms with van der Waals surface area (Å²) in [7, 11) is 0. The number of thiazole rings is 1. The van der Waals surface area contributed by atoms with Crippen molar-refractivity contribution in [3.8, 4) is 16.3 Å². The molecule has 0 spiro atoms. The van der Waals surface area contributed by atoms with Crippen LogP contribution in [-0.4, -0.2) is 52.0 Å². The summed E-state index contributed by atoms with van der Waals surface area (Å²) in [6.45, 7) is 7.01. The Morgan fingerprint density at radius 2 is 1.83 bits per heavy atom. The number of thioether (sulfide) groups is 1. The van der Waals surface area contributed by atoms with E-state index < -0.39 is 17.7 Å². The van der Waals surface area contributed by atoms with Crippen molar-refractivity contribution >= 4 is 34.9 Å². The Bertz CT molecular complexity index is 1510. The Balaban J connectivity index is 1.32. The molecule has 0 N–H and O–H groups in total. The van der Waals surface area contributed by atoms with Crippen molar-refractivity contribution in [2.24, 2.45) is 0 Å². The normalized spacial score (nSPS) is 14.2. The molecule has 0 aliphatic carbocycles. The highest BCUT2D eigenvalue weighted by molar-refractivity contribution is 7.98. The molecule has 13 heteroatoms. The lowest BCUT2D eigenvalue weighted by Gasteiger charge is -2.35. The fourth-order valence-electron chi connectivity index (χ4n) is 4.40. The molecule has 5 rings (SSSR count). The van der Waals surface area contributed by atoms with Crippen molar-refractivity contribution < 1.29 is 27.7 Å². The van der Waals surface area contributed by atoms with Gasteiger partial charge in [0.05, 0.1) is 17.5 Å². The highest BCUT2D eigenvalue weighted by Gasteiger charge is 2.30. The molecule has 4 aromatic rings. The number of aryl methyl sites for hydroxylation is 1. The number of carbonyl (C=O) groups excluding carboxylic acids is 1. The summed E-state index contributed by atoms with van der Waals surface area (Å²) in [4.78, 5) is 40.8. The van der Waals surface area contributed by atoms with Crippen molar-refractivity contribution in [1.29, 1.82) is 0 Å². The van der Waals surface area contributed by atoms with Gasteiger partial charge in [-0.15, -0.1) is 23.1 Å². The number of aromatic nitrogens is 3. The van der Waals surface area contributed by atoms with Gasteiger partial charge in [0.1, 0.15) is 10.8 Å². The second kappa shape index (κ2) is 13.1. The second-order valence-corrected chi connectivity index (χ2v) is 11.8. The van der Waals surface area contributed by atoms with Crippen molar-refractivity contribution in [3.63, 3.8) is 0 Å². The van der Waals surface area contributed by atoms with Crippen molar-refractivity contribution in [2.75, 3.05) is 31.1 Å². The SMILES string of the molecule is CC(=O)OOc1ccc(SCc2sc(-c3ccc(C(F)(F)F)cc3)nc2CN2CCN(c3cnccn3)CC2)cc1C. The van der Waals surface area contributed by atoms with Crippen molar-refractivity contribution in [3.05, 3.63) is 82.8 Å². The number of nitrogens with zero attached hydrogens (tertiary/aromatic N) is 5. The summed E-state index contributed by atoms with van der Waals surface area (Å²) in [5.74, 6) is 1.41. The summed E-state index contributed by atoms with van der Waals surface area (Å²) in [5, 5.41) is 0.689. The predicted octanol–water partition coefficient (Wildman–Crippen LogP) is 6.40. The minimum atomic E-state index is -4.39. The molecule has 42 heavy (non-hydrogen) atoms. The second-order valence-electron chi connectivity index (χ2n) is 9.67. The predicted molar refractivity (Wildman–Crippen MR) is 155 cm³/mol. The zero-order valence-electron chi connectivity index (χ0n) is 22.9. The molecule has 2 aromatic heterocycles. The number of hydrogen-bond acceptors (Lipinski definition) is 10. The summed E-state index contributed by atoms with van der Waals surface area (Å²) < 4.78 is 39.4. The lowest BCUT2D eigenvalue weighted by molar-refractivity contribution is -0.211. The lowest BCUT2D eigenvalue weighted by Crippen LogP contribution is -2.46. The summed E-state index contributed by atoms with van der Waals surface area (Å²) >= 11 is 3.12. The van der Waals surface area contributed by atoms with Crippen LogP contribution in [0.4, 0.5) is 19.0 Å². The molecule has 1 saturated heterocycles. The van der Waals surface area contributed by atoms with E-state index in [1.807, 2.05) is 19.1 Å². The summed E-state index contributed by atoms with van der Waals surface area (Å²) in [6.07, 6.45) is 0.713. The van der Waals surface area contributed by atoms with Gasteiger partial charge in [-0.25, -0.2) is 14.8 Å². The maximum absolute atomic E-state index is 13.1. The molecule has 2 aromatic carbocycles. The van der Waals surface area contributed by atoms with E-state index in [1.165, 1.54) is 30.4 Å². The van der Waals surface area contributed by atoms with Crippen LogP contribution in [0.15, 0.2) is 66.0 Å². The van der Waals surface area contributed by atoms with Crippen LogP contribution in [0.2, 0.25) is 0 Å². The average Bonchev–Trinajstić information content (AvgIpc) is 3.38. The van der Waals surface area contributed by atoms with Gasteiger partial charge in [-0.2, -0.15) is 13.2 Å². The molecular formula is C29H28F3N5O3S2. The van der Waals surface area contributed by atoms with Gasteiger partial charge in [-0.3, -0.25) is 19.7 Å². The van der Waals surface area contributed by atoms with Crippen LogP contribution < -0.4 is 9.79 Å². The highest BCUT2D eigenvalue weighted by Crippen LogP contribution is 2.36. The molecule has 1 aliphatic heterocycles. The number of alkyl halides is 3. The zero-order chi connectivity index (χ0) is 29.7. The van der Waals surface area contributed by atoms with E-state index in [-0.39, 0.29) is 0 Å². The topological polar surface area (TPSA) is 80.7 Å². The molecule has 1 fully saturated rings. The van der Waals surface area contributed by atoms with Gasteiger partial charge in [0.2, 0.25) is 0 Å². The number of hydrogen-bond donors (Lipinski definition) is 0. The summed E-state index contributed by atoms with van der Waals surface area (Å²) in [5.41, 5.74) is 1.70. The van der Waals surface area contributed by atoms with E-state index in [2.05, 4.69) is 24.7 Å². The maximum atomic E-state index is 13.1. The fraction of sp³-hybridized carbons (Fsp3) is 0.310. The molecule has 0 saturated carbocycles. The van der Waals surface area contributed by atoms with Crippen molar-refractivity contribution in [1.82, 2.24) is 19.9 Å². The third-order valence-corrected chi connectivity index (χ3v) is 8.97. The molecule has 0 bridgehead atoms. The van der Waals surface area contributed by atoms with E-state index in [1.54, 1.807) is 36.4 Å². The Kier molecular flexibility index (Phi) is 9.29. The van der Waals surface area contributed by atoms with Crippen LogP contribution in [0.3, 0.4) is 0 Å². The van der Waals surface area contributed by atoms with Gasteiger partial charge in [0, 0.05) is 73.1 Å². The van der Waals surface area contributed by atoms with E-state index in [9.17, 15) is 18.0 Å². The third kappa shape index (κ3) is 7.58. The van der Waals surface area contributed by atoms with Crippen LogP contribution in [0, 0.1) is 6.92 Å². The molecule has 3 heterocycles. The number of rotatable bonds is 9. The first-order valence-electron chi connectivity index (χ1n) is 13.1. The van der Waals surface area contributed by atoms with Gasteiger partial charge in [0.15, 0.2) is 5.75 Å². The Morgan fingerprint density at radius 3 is 2.48 bits per heavy atom. The van der Waals surface area contributed by atoms with Gasteiger partial charge in [-0.1, -0.05) is 12.1 Å². The first-order chi connectivity index (χ1) is 20.2. The first kappa shape index (κ1) is 29.8. The molecular weight excluding hydrogens is 587 g/mol. The molecule has 8 nitrogen and oxygen atoms in total. The van der Waals surface area contributed by atoms with E-state index in [0.29, 0.717) is 28.6 Å². The number of benzene rings is 2. The minimum absolute atomic E-state index is 0.457. The van der Waals surface area contributed by atoms with E-state index >= 15 is 0 Å². The minimum Gasteiger partial charge on any atom is -0.353 e. The largest absolute Gasteiger partial charge is 0.416 e. The Morgan fingerprint density at radius 1 is 1.07 bits per heavy atom. The Labute approximate surface area is 249 Å². The molecule has 0 unspecified atom stereocenters. The molecule has 0 amide bonds. The molecule has 0 radical (unpaired) electrons. The van der Waals surface area contributed by atoms with Crippen LogP contribution in [0.1, 0.15) is 28.6 Å². The third-order valence-electron chi connectivity index (χ3n) is 6.62. The Hall–Kier alpha value is -3.68. The standard InChI is InChI=1S/C29H28F3N5O3S2/c1-19-15-23(7-8-25(19)40-39-20(2)38)41-18-26-24(17-36-11-13-37(14-12-36)27-16-33-9-10-34-27)35-28(42-26)21-3-5-22(6-4-21)29(30,31)32/h3-10,15-16H,11-14,17-18H2,1-2H3. The molecule has 1 aliphatic rings. The lowest BCUT2D eigenvalue weighted by atomic mass is 10.1. The van der Waals surface area contributed by atoms with Gasteiger partial charge < -0.3 is 4.90 Å². The monoisotopic (exact) mass is 615 g/mol. The fourth-order valence-corrected chi connectivity index (χ4v) is 6.58. The number of piperazine rings is 1. The van der Waals surface area contributed by atoms with E-state index in [0.717, 1.165) is 65.2 Å². The molecule has 220 valence electrons. The molecule has 0 atom stereocenters. The van der Waals surface area contributed by atoms with Crippen LogP contribution >= 0.6 is 23.1 Å². The number of carbonyl (C=O) groups is 1. The van der Waals surface area contributed by atoms with Gasteiger partial charge in [-0.05, 0) is 42.8 Å². The van der Waals surface area contributed by atoms with Gasteiger partial charge >= 0.3 is 12.1 Å². The number of halogens is 3. The smallest absolute Gasteiger partial charge is 0.353 e. The van der Waals surface area contributed by atoms with Crippen LogP contribution in [-0.2, 0) is 28.2 Å². The van der Waals surface area contributed by atoms with Crippen LogP contribution in [0.5, 0.6) is 5.75 Å².